The molecule has 1 amide bonds. The molecule has 0 spiro atoms. The zero-order valence-electron chi connectivity index (χ0n) is 24.6. The maximum atomic E-state index is 15.1. The van der Waals surface area contributed by atoms with Crippen LogP contribution in [0.5, 0.6) is 23.0 Å². The third-order valence-electron chi connectivity index (χ3n) is 6.44. The van der Waals surface area contributed by atoms with Crippen LogP contribution in [-0.2, 0) is 6.54 Å². The molecule has 0 aliphatic rings. The molecule has 13 heteroatoms. The molecule has 5 rings (SSSR count). The predicted octanol–water partition coefficient (Wildman–Crippen LogP) is 6.23. The number of nitrogens with zero attached hydrogens (tertiary/aromatic N) is 3. The number of para-hydroxylation sites is 1. The highest BCUT2D eigenvalue weighted by Crippen LogP contribution is 2.37. The minimum Gasteiger partial charge on any atom is -0.493 e. The SMILES string of the molecule is CCn1cc(C(=O)Nc2ccc(Oc3ccnc4cc(OC)c(OC)cc34)c(F)c2)c(=O)n(-c2ccccc2)c1=O.ClCCCl. The van der Waals surface area contributed by atoms with Gasteiger partial charge in [0, 0.05) is 53.9 Å². The van der Waals surface area contributed by atoms with E-state index in [9.17, 15) is 14.4 Å². The van der Waals surface area contributed by atoms with E-state index >= 15 is 4.39 Å². The molecule has 10 nitrogen and oxygen atoms in total. The summed E-state index contributed by atoms with van der Waals surface area (Å²) >= 11 is 10.1. The number of carbonyl (C=O) groups excluding carboxylic acids is 1. The van der Waals surface area contributed by atoms with Crippen LogP contribution in [0.4, 0.5) is 10.1 Å². The van der Waals surface area contributed by atoms with E-state index in [1.807, 2.05) is 0 Å². The quantitative estimate of drug-likeness (QED) is 0.187. The Morgan fingerprint density at radius 3 is 2.22 bits per heavy atom. The minimum absolute atomic E-state index is 0.0887. The number of hydrogen-bond acceptors (Lipinski definition) is 7. The number of ether oxygens (including phenoxy) is 3. The van der Waals surface area contributed by atoms with Crippen LogP contribution in [0.2, 0.25) is 0 Å². The molecular formula is C32H29Cl2FN4O6. The molecular weight excluding hydrogens is 626 g/mol. The second kappa shape index (κ2) is 15.2. The van der Waals surface area contributed by atoms with Crippen LogP contribution in [0.25, 0.3) is 16.6 Å². The number of alkyl halides is 2. The Morgan fingerprint density at radius 2 is 1.60 bits per heavy atom. The summed E-state index contributed by atoms with van der Waals surface area (Å²) in [4.78, 5) is 43.5. The first-order chi connectivity index (χ1) is 21.8. The van der Waals surface area contributed by atoms with Gasteiger partial charge < -0.3 is 19.5 Å². The first-order valence-corrected chi connectivity index (χ1v) is 14.7. The van der Waals surface area contributed by atoms with Gasteiger partial charge in [0.05, 0.1) is 25.4 Å². The highest BCUT2D eigenvalue weighted by molar-refractivity contribution is 6.25. The van der Waals surface area contributed by atoms with E-state index in [-0.39, 0.29) is 23.5 Å². The van der Waals surface area contributed by atoms with Gasteiger partial charge in [0.1, 0.15) is 11.3 Å². The first-order valence-electron chi connectivity index (χ1n) is 13.6. The summed E-state index contributed by atoms with van der Waals surface area (Å²) in [6.45, 7) is 1.95. The molecule has 0 saturated carbocycles. The number of rotatable bonds is 9. The zero-order valence-corrected chi connectivity index (χ0v) is 26.1. The van der Waals surface area contributed by atoms with Crippen LogP contribution in [0.3, 0.4) is 0 Å². The number of hydrogen-bond donors (Lipinski definition) is 1. The lowest BCUT2D eigenvalue weighted by atomic mass is 10.1. The van der Waals surface area contributed by atoms with E-state index in [0.717, 1.165) is 10.6 Å². The number of methoxy groups -OCH3 is 2. The molecule has 234 valence electrons. The lowest BCUT2D eigenvalue weighted by Gasteiger charge is -2.14. The average molecular weight is 656 g/mol. The van der Waals surface area contributed by atoms with E-state index in [4.69, 9.17) is 37.4 Å². The molecule has 0 aliphatic heterocycles. The number of anilines is 1. The first kappa shape index (κ1) is 33.0. The smallest absolute Gasteiger partial charge is 0.335 e. The number of nitrogens with one attached hydrogen (secondary N) is 1. The molecule has 2 aromatic heterocycles. The number of aryl methyl sites for hydroxylation is 1. The molecule has 1 N–H and O–H groups in total. The van der Waals surface area contributed by atoms with Gasteiger partial charge in [-0.1, -0.05) is 18.2 Å². The van der Waals surface area contributed by atoms with E-state index in [1.54, 1.807) is 55.5 Å². The van der Waals surface area contributed by atoms with Gasteiger partial charge in [0.25, 0.3) is 11.5 Å². The maximum Gasteiger partial charge on any atom is 0.335 e. The number of fused-ring (bicyclic) bond motifs is 1. The second-order valence-electron chi connectivity index (χ2n) is 9.20. The average Bonchev–Trinajstić information content (AvgIpc) is 3.06. The summed E-state index contributed by atoms with van der Waals surface area (Å²) in [5.41, 5.74) is -0.673. The van der Waals surface area contributed by atoms with Crippen molar-refractivity contribution in [1.29, 1.82) is 0 Å². The minimum atomic E-state index is -0.795. The van der Waals surface area contributed by atoms with Crippen molar-refractivity contribution in [2.75, 3.05) is 31.3 Å². The third kappa shape index (κ3) is 7.44. The van der Waals surface area contributed by atoms with E-state index in [0.29, 0.717) is 45.6 Å². The molecule has 0 saturated heterocycles. The van der Waals surface area contributed by atoms with Crippen LogP contribution >= 0.6 is 23.2 Å². The molecule has 3 aromatic carbocycles. The molecule has 0 radical (unpaired) electrons. The van der Waals surface area contributed by atoms with Crippen molar-refractivity contribution in [2.45, 2.75) is 13.5 Å². The van der Waals surface area contributed by atoms with Crippen molar-refractivity contribution in [2.24, 2.45) is 0 Å². The van der Waals surface area contributed by atoms with Crippen LogP contribution < -0.4 is 30.8 Å². The Kier molecular flexibility index (Phi) is 11.2. The summed E-state index contributed by atoms with van der Waals surface area (Å²) < 4.78 is 33.9. The topological polar surface area (TPSA) is 114 Å². The van der Waals surface area contributed by atoms with Crippen molar-refractivity contribution in [3.05, 3.63) is 111 Å². The molecule has 0 aliphatic carbocycles. The Hall–Kier alpha value is -4.87. The Balaban J connectivity index is 0.00000109. The van der Waals surface area contributed by atoms with Crippen molar-refractivity contribution in [3.8, 4) is 28.7 Å². The number of aromatic nitrogens is 3. The standard InChI is InChI=1S/C30H25FN4O6.C2H4Cl2/c1-4-34-17-21(29(37)35(30(34)38)19-8-6-5-7-9-19)28(36)33-18-10-11-25(22(31)14-18)41-24-12-13-32-23-16-27(40-3)26(39-2)15-20(23)24;3-1-2-4/h5-17H,4H2,1-3H3,(H,33,36);1-2H2. The van der Waals surface area contributed by atoms with Gasteiger partial charge in [-0.3, -0.25) is 19.1 Å². The lowest BCUT2D eigenvalue weighted by Crippen LogP contribution is -2.42. The number of halogens is 3. The van der Waals surface area contributed by atoms with Crippen molar-refractivity contribution in [1.82, 2.24) is 14.1 Å². The monoisotopic (exact) mass is 654 g/mol. The number of amides is 1. The fourth-order valence-electron chi connectivity index (χ4n) is 4.30. The molecule has 5 aromatic rings. The fourth-order valence-corrected chi connectivity index (χ4v) is 4.30. The van der Waals surface area contributed by atoms with Crippen molar-refractivity contribution < 1.29 is 23.4 Å². The molecule has 0 fully saturated rings. The maximum absolute atomic E-state index is 15.1. The summed E-state index contributed by atoms with van der Waals surface area (Å²) in [6.07, 6.45) is 2.72. The van der Waals surface area contributed by atoms with E-state index in [2.05, 4.69) is 10.3 Å². The number of carbonyl (C=O) groups is 1. The van der Waals surface area contributed by atoms with Crippen LogP contribution in [0.15, 0.2) is 88.7 Å². The highest BCUT2D eigenvalue weighted by atomic mass is 35.5. The Labute approximate surface area is 267 Å². The number of pyridine rings is 1. The molecule has 0 unspecified atom stereocenters. The van der Waals surface area contributed by atoms with Crippen molar-refractivity contribution in [3.63, 3.8) is 0 Å². The molecule has 0 bridgehead atoms. The highest BCUT2D eigenvalue weighted by Gasteiger charge is 2.19. The Morgan fingerprint density at radius 1 is 0.911 bits per heavy atom. The van der Waals surface area contributed by atoms with Gasteiger partial charge in [-0.05, 0) is 43.3 Å². The molecule has 2 heterocycles. The summed E-state index contributed by atoms with van der Waals surface area (Å²) in [5.74, 6) is 0.733. The van der Waals surface area contributed by atoms with Gasteiger partial charge in [0.2, 0.25) is 0 Å². The van der Waals surface area contributed by atoms with Gasteiger partial charge in [-0.2, -0.15) is 0 Å². The summed E-state index contributed by atoms with van der Waals surface area (Å²) in [7, 11) is 3.01. The predicted molar refractivity (Wildman–Crippen MR) is 173 cm³/mol. The second-order valence-corrected chi connectivity index (χ2v) is 9.96. The van der Waals surface area contributed by atoms with Gasteiger partial charge in [-0.25, -0.2) is 13.8 Å². The fraction of sp³-hybridized carbons (Fsp3) is 0.188. The zero-order chi connectivity index (χ0) is 32.5. The number of benzene rings is 3. The van der Waals surface area contributed by atoms with Gasteiger partial charge in [-0.15, -0.1) is 23.2 Å². The molecule has 0 atom stereocenters. The van der Waals surface area contributed by atoms with Crippen LogP contribution in [-0.4, -0.2) is 46.0 Å². The lowest BCUT2D eigenvalue weighted by molar-refractivity contribution is 0.102. The van der Waals surface area contributed by atoms with Gasteiger partial charge >= 0.3 is 5.69 Å². The van der Waals surface area contributed by atoms with E-state index in [1.165, 1.54) is 43.3 Å². The van der Waals surface area contributed by atoms with Crippen LogP contribution in [0.1, 0.15) is 17.3 Å². The van der Waals surface area contributed by atoms with Crippen LogP contribution in [0, 0.1) is 5.82 Å². The summed E-state index contributed by atoms with van der Waals surface area (Å²) in [5, 5.41) is 3.11. The largest absolute Gasteiger partial charge is 0.493 e. The van der Waals surface area contributed by atoms with Crippen molar-refractivity contribution >= 4 is 45.7 Å². The molecule has 45 heavy (non-hydrogen) atoms. The van der Waals surface area contributed by atoms with Gasteiger partial charge in [0.15, 0.2) is 23.1 Å². The normalized spacial score (nSPS) is 10.5. The van der Waals surface area contributed by atoms with E-state index < -0.39 is 23.0 Å². The Bertz CT molecular complexity index is 1930. The third-order valence-corrected chi connectivity index (χ3v) is 7.01. The summed E-state index contributed by atoms with van der Waals surface area (Å²) in [6, 6.07) is 17.1.